The molecule has 0 radical (unpaired) electrons. The van der Waals surface area contributed by atoms with E-state index in [1.54, 1.807) is 6.07 Å². The van der Waals surface area contributed by atoms with Crippen LogP contribution in [0.4, 0.5) is 4.39 Å². The van der Waals surface area contributed by atoms with Crippen molar-refractivity contribution >= 4 is 18.0 Å². The smallest absolute Gasteiger partial charge is 0.265 e. The van der Waals surface area contributed by atoms with Crippen LogP contribution in [0.15, 0.2) is 12.1 Å². The van der Waals surface area contributed by atoms with Gasteiger partial charge in [0.1, 0.15) is 11.6 Å². The highest BCUT2D eigenvalue weighted by Gasteiger charge is 2.43. The fraction of sp³-hybridized carbons (Fsp3) is 0.731. The molecule has 0 aromatic heterocycles. The van der Waals surface area contributed by atoms with Gasteiger partial charge in [-0.2, -0.15) is 0 Å². The fourth-order valence-corrected chi connectivity index (χ4v) is 7.17. The molecule has 6 heteroatoms. The van der Waals surface area contributed by atoms with E-state index in [9.17, 15) is 9.18 Å². The van der Waals surface area contributed by atoms with Crippen LogP contribution in [0.25, 0.3) is 0 Å². The van der Waals surface area contributed by atoms with Crippen LogP contribution in [0.1, 0.15) is 93.5 Å². The van der Waals surface area contributed by atoms with Gasteiger partial charge in [-0.3, -0.25) is 9.52 Å². The molecular formula is C26H37FN2O2S. The zero-order valence-corrected chi connectivity index (χ0v) is 20.3. The van der Waals surface area contributed by atoms with Crippen LogP contribution >= 0.6 is 12.1 Å². The van der Waals surface area contributed by atoms with Crippen molar-refractivity contribution in [2.45, 2.75) is 77.6 Å². The van der Waals surface area contributed by atoms with E-state index >= 15 is 0 Å². The van der Waals surface area contributed by atoms with Crippen molar-refractivity contribution in [3.63, 3.8) is 0 Å². The molecule has 1 saturated heterocycles. The minimum Gasteiger partial charge on any atom is -0.493 e. The number of carbonyl (C=O) groups excluding carboxylic acids is 1. The summed E-state index contributed by atoms with van der Waals surface area (Å²) in [6.07, 6.45) is 11.0. The van der Waals surface area contributed by atoms with Crippen molar-refractivity contribution in [2.24, 2.45) is 23.2 Å². The maximum absolute atomic E-state index is 15.0. The molecule has 32 heavy (non-hydrogen) atoms. The summed E-state index contributed by atoms with van der Waals surface area (Å²) in [5.74, 6) is 2.70. The Kier molecular flexibility index (Phi) is 6.45. The number of benzene rings is 1. The molecule has 3 saturated carbocycles. The predicted molar refractivity (Wildman–Crippen MR) is 127 cm³/mol. The average molecular weight is 461 g/mol. The molecule has 4 fully saturated rings. The van der Waals surface area contributed by atoms with Gasteiger partial charge in [-0.15, -0.1) is 0 Å². The largest absolute Gasteiger partial charge is 0.493 e. The van der Waals surface area contributed by atoms with Gasteiger partial charge in [0.25, 0.3) is 5.91 Å². The maximum Gasteiger partial charge on any atom is 0.265 e. The third-order valence-corrected chi connectivity index (χ3v) is 9.21. The van der Waals surface area contributed by atoms with Crippen LogP contribution in [0.5, 0.6) is 5.75 Å². The molecule has 4 aliphatic rings. The summed E-state index contributed by atoms with van der Waals surface area (Å²) in [7, 11) is 0. The van der Waals surface area contributed by atoms with Crippen molar-refractivity contribution < 1.29 is 13.9 Å². The van der Waals surface area contributed by atoms with Gasteiger partial charge < -0.3 is 4.74 Å². The first-order valence-corrected chi connectivity index (χ1v) is 13.4. The van der Waals surface area contributed by atoms with E-state index in [-0.39, 0.29) is 16.9 Å². The van der Waals surface area contributed by atoms with E-state index in [1.165, 1.54) is 50.3 Å². The number of hydrogen-bond donors (Lipinski definition) is 1. The molecule has 5 rings (SSSR count). The predicted octanol–water partition coefficient (Wildman–Crippen LogP) is 6.32. The van der Waals surface area contributed by atoms with Crippen molar-refractivity contribution in [2.75, 3.05) is 19.7 Å². The van der Waals surface area contributed by atoms with Gasteiger partial charge in [-0.25, -0.2) is 8.70 Å². The number of hydrogen-bond acceptors (Lipinski definition) is 4. The summed E-state index contributed by atoms with van der Waals surface area (Å²) in [5.41, 5.74) is 1.36. The lowest BCUT2D eigenvalue weighted by Crippen LogP contribution is -2.41. The van der Waals surface area contributed by atoms with Gasteiger partial charge in [0.15, 0.2) is 0 Å². The highest BCUT2D eigenvalue weighted by atomic mass is 32.2. The Bertz CT molecular complexity index is 836. The summed E-state index contributed by atoms with van der Waals surface area (Å²) in [6, 6.07) is 3.23. The number of rotatable bonds is 8. The Morgan fingerprint density at radius 3 is 2.53 bits per heavy atom. The molecule has 1 N–H and O–H groups in total. The van der Waals surface area contributed by atoms with Crippen LogP contribution < -0.4 is 9.46 Å². The number of nitrogens with zero attached hydrogens (tertiary/aromatic N) is 1. The third-order valence-electron chi connectivity index (χ3n) is 8.31. The monoisotopic (exact) mass is 460 g/mol. The first-order chi connectivity index (χ1) is 15.4. The van der Waals surface area contributed by atoms with Gasteiger partial charge in [0, 0.05) is 36.7 Å². The lowest BCUT2D eigenvalue weighted by molar-refractivity contribution is -0.000675. The van der Waals surface area contributed by atoms with E-state index in [0.717, 1.165) is 62.1 Å². The van der Waals surface area contributed by atoms with Crippen LogP contribution in [0.3, 0.4) is 0 Å². The molecule has 2 bridgehead atoms. The molecular weight excluding hydrogens is 423 g/mol. The van der Waals surface area contributed by atoms with E-state index in [2.05, 4.69) is 22.9 Å². The van der Waals surface area contributed by atoms with Gasteiger partial charge in [-0.05, 0) is 93.1 Å². The Morgan fingerprint density at radius 1 is 1.22 bits per heavy atom. The maximum atomic E-state index is 15.0. The molecule has 176 valence electrons. The van der Waals surface area contributed by atoms with Crippen molar-refractivity contribution in [3.8, 4) is 5.75 Å². The number of fused-ring (bicyclic) bond motifs is 2. The van der Waals surface area contributed by atoms with Crippen LogP contribution in [0.2, 0.25) is 0 Å². The topological polar surface area (TPSA) is 41.6 Å². The van der Waals surface area contributed by atoms with Crippen LogP contribution in [0, 0.1) is 29.0 Å². The molecule has 1 aromatic rings. The molecule has 3 aliphatic carbocycles. The van der Waals surface area contributed by atoms with E-state index in [1.807, 2.05) is 0 Å². The zero-order valence-electron chi connectivity index (χ0n) is 19.5. The second kappa shape index (κ2) is 9.17. The highest BCUT2D eigenvalue weighted by molar-refractivity contribution is 7.95. The minimum absolute atomic E-state index is 0.138. The molecule has 1 aromatic carbocycles. The quantitative estimate of drug-likeness (QED) is 0.461. The first kappa shape index (κ1) is 22.5. The number of carbonyl (C=O) groups is 1. The summed E-state index contributed by atoms with van der Waals surface area (Å²) in [5, 5.41) is 0. The van der Waals surface area contributed by atoms with Gasteiger partial charge in [0.2, 0.25) is 0 Å². The Labute approximate surface area is 196 Å². The molecule has 1 heterocycles. The lowest BCUT2D eigenvalue weighted by atomic mass is 9.58. The van der Waals surface area contributed by atoms with Crippen molar-refractivity contribution in [1.82, 2.24) is 9.03 Å². The van der Waals surface area contributed by atoms with E-state index < -0.39 is 5.82 Å². The molecule has 4 nitrogen and oxygen atoms in total. The van der Waals surface area contributed by atoms with Crippen molar-refractivity contribution in [1.29, 1.82) is 0 Å². The third kappa shape index (κ3) is 4.82. The number of amides is 1. The summed E-state index contributed by atoms with van der Waals surface area (Å²) >= 11 is 1.28. The van der Waals surface area contributed by atoms with Crippen molar-refractivity contribution in [3.05, 3.63) is 29.1 Å². The fourth-order valence-electron chi connectivity index (χ4n) is 6.40. The highest BCUT2D eigenvalue weighted by Crippen LogP contribution is 2.52. The molecule has 0 spiro atoms. The second-order valence-corrected chi connectivity index (χ2v) is 11.9. The molecule has 1 aliphatic heterocycles. The Morgan fingerprint density at radius 2 is 1.94 bits per heavy atom. The van der Waals surface area contributed by atoms with Gasteiger partial charge in [-0.1, -0.05) is 13.8 Å². The summed E-state index contributed by atoms with van der Waals surface area (Å²) in [4.78, 5) is 12.6. The lowest BCUT2D eigenvalue weighted by Gasteiger charge is -2.48. The second-order valence-electron chi connectivity index (χ2n) is 11.0. The van der Waals surface area contributed by atoms with E-state index in [0.29, 0.717) is 18.3 Å². The number of nitrogens with one attached hydrogen (secondary N) is 1. The minimum atomic E-state index is -0.481. The SMILES string of the molecule is CCC1(COc2cc(F)c(C(=O)NSN3CCC3)cc2C2CC2)CC2CC(C)CC(C2)C1. The average Bonchev–Trinajstić information content (AvgIpc) is 3.55. The summed E-state index contributed by atoms with van der Waals surface area (Å²) < 4.78 is 26.3. The molecule has 2 atom stereocenters. The number of halogens is 1. The Balaban J connectivity index is 1.30. The molecule has 1 amide bonds. The van der Waals surface area contributed by atoms with Crippen LogP contribution in [-0.4, -0.2) is 29.9 Å². The first-order valence-electron chi connectivity index (χ1n) is 12.6. The van der Waals surface area contributed by atoms with Gasteiger partial charge >= 0.3 is 0 Å². The van der Waals surface area contributed by atoms with Gasteiger partial charge in [0.05, 0.1) is 12.2 Å². The standard InChI is InChI=1S/C26H37FN2O2S/c1-3-26(14-18-9-17(2)10-19(11-18)15-26)16-31-24-13-23(27)22(12-21(24)20-5-6-20)25(30)28-32-29-7-4-8-29/h12-13,17-20H,3-11,14-16H2,1-2H3,(H,28,30). The molecule has 2 unspecified atom stereocenters. The summed E-state index contributed by atoms with van der Waals surface area (Å²) in [6.45, 7) is 7.29. The van der Waals surface area contributed by atoms with E-state index in [4.69, 9.17) is 4.74 Å². The van der Waals surface area contributed by atoms with Crippen LogP contribution in [-0.2, 0) is 0 Å². The Hall–Kier alpha value is -1.27. The number of ether oxygens (including phenoxy) is 1. The normalized spacial score (nSPS) is 32.3. The zero-order chi connectivity index (χ0) is 22.3.